The van der Waals surface area contributed by atoms with Crippen LogP contribution in [-0.4, -0.2) is 35.2 Å². The molecule has 0 aromatic heterocycles. The maximum Gasteiger partial charge on any atom is 0.128 e. The van der Waals surface area contributed by atoms with Crippen molar-refractivity contribution in [2.45, 2.75) is 25.0 Å². The van der Waals surface area contributed by atoms with E-state index in [1.54, 1.807) is 0 Å². The third-order valence-electron chi connectivity index (χ3n) is 0. The van der Waals surface area contributed by atoms with Crippen molar-refractivity contribution in [1.29, 1.82) is 0 Å². The van der Waals surface area contributed by atoms with Crippen LogP contribution in [0.5, 0.6) is 0 Å². The maximum atomic E-state index is 2.72. The zero-order valence-electron chi connectivity index (χ0n) is 5.08. The Kier molecular flexibility index (Phi) is 5.38. The van der Waals surface area contributed by atoms with E-state index >= 15 is 0 Å². The van der Waals surface area contributed by atoms with E-state index in [9.17, 15) is 0 Å². The Balaban J connectivity index is 0. The molecular formula is C4H9AlLi. The quantitative estimate of drug-likeness (QED) is 0.390. The van der Waals surface area contributed by atoms with Crippen molar-refractivity contribution >= 4 is 35.2 Å². The third kappa shape index (κ3) is 68.5. The van der Waals surface area contributed by atoms with Crippen LogP contribution in [0.15, 0.2) is 0 Å². The summed E-state index contributed by atoms with van der Waals surface area (Å²) in [4.78, 5) is 0. The molecule has 6 heavy (non-hydrogen) atoms. The smallest absolute Gasteiger partial charge is 0.105 e. The molecule has 0 aromatic carbocycles. The summed E-state index contributed by atoms with van der Waals surface area (Å²) in [6, 6.07) is 0. The van der Waals surface area contributed by atoms with Crippen LogP contribution in [0.3, 0.4) is 0 Å². The molecule has 0 heterocycles. The summed E-state index contributed by atoms with van der Waals surface area (Å²) in [7, 11) is 0. The molecule has 2 heteroatoms. The minimum absolute atomic E-state index is 0. The fraction of sp³-hybridized carbons (Fsp3) is 1.00. The first-order chi connectivity index (χ1) is 2.00. The topological polar surface area (TPSA) is 0 Å². The molecule has 0 N–H and O–H groups in total. The molecule has 0 aliphatic heterocycles. The van der Waals surface area contributed by atoms with Crippen LogP contribution in [0.1, 0.15) is 20.8 Å². The van der Waals surface area contributed by atoms with E-state index in [0.717, 1.165) is 0 Å². The van der Waals surface area contributed by atoms with Crippen LogP contribution in [0.2, 0.25) is 4.28 Å². The molecule has 29 valence electrons. The van der Waals surface area contributed by atoms with Gasteiger partial charge in [-0.1, -0.05) is 20.8 Å². The normalized spacial score (nSPS) is 9.83. The van der Waals surface area contributed by atoms with Crippen molar-refractivity contribution in [3.05, 3.63) is 0 Å². The summed E-state index contributed by atoms with van der Waals surface area (Å²) in [6.07, 6.45) is 0. The maximum absolute atomic E-state index is 2.72. The van der Waals surface area contributed by atoms with E-state index in [4.69, 9.17) is 0 Å². The van der Waals surface area contributed by atoms with E-state index in [-0.39, 0.29) is 18.9 Å². The molecule has 0 saturated heterocycles. The first kappa shape index (κ1) is 10.2. The van der Waals surface area contributed by atoms with E-state index < -0.39 is 0 Å². The average Bonchev–Trinajstić information content (AvgIpc) is 0.722. The number of hydrogen-bond donors (Lipinski definition) is 0. The zero-order valence-corrected chi connectivity index (χ0v) is 6.23. The van der Waals surface area contributed by atoms with Gasteiger partial charge in [0.05, 0.1) is 0 Å². The molecular weight excluding hydrogens is 82.0 g/mol. The van der Waals surface area contributed by atoms with Gasteiger partial charge in [0.1, 0.15) is 16.3 Å². The zero-order chi connectivity index (χ0) is 4.50. The van der Waals surface area contributed by atoms with Crippen molar-refractivity contribution in [1.82, 2.24) is 0 Å². The Morgan fingerprint density at radius 2 is 1.17 bits per heavy atom. The van der Waals surface area contributed by atoms with Gasteiger partial charge in [0, 0.05) is 18.9 Å². The summed E-state index contributed by atoms with van der Waals surface area (Å²) in [5.74, 6) is 0. The van der Waals surface area contributed by atoms with E-state index in [0.29, 0.717) is 4.28 Å². The Morgan fingerprint density at radius 3 is 1.17 bits per heavy atom. The minimum atomic E-state index is 0. The van der Waals surface area contributed by atoms with Gasteiger partial charge in [-0.05, 0) is 0 Å². The van der Waals surface area contributed by atoms with Gasteiger partial charge < -0.3 is 0 Å². The molecule has 0 rings (SSSR count). The first-order valence-corrected chi connectivity index (χ1v) is 2.37. The minimum Gasteiger partial charge on any atom is -0.105 e. The molecule has 0 fully saturated rings. The Labute approximate surface area is 60.3 Å². The van der Waals surface area contributed by atoms with Crippen molar-refractivity contribution in [2.75, 3.05) is 0 Å². The molecule has 3 radical (unpaired) electrons. The van der Waals surface area contributed by atoms with Crippen LogP contribution < -0.4 is 0 Å². The predicted molar refractivity (Wildman–Crippen MR) is 31.2 cm³/mol. The second kappa shape index (κ2) is 3.17. The van der Waals surface area contributed by atoms with Crippen LogP contribution in [0.4, 0.5) is 0 Å². The first-order valence-electron chi connectivity index (χ1n) is 1.79. The average molecular weight is 91.0 g/mol. The molecule has 0 spiro atoms. The van der Waals surface area contributed by atoms with Crippen LogP contribution in [-0.2, 0) is 0 Å². The summed E-state index contributed by atoms with van der Waals surface area (Å²) in [5.41, 5.74) is 0. The van der Waals surface area contributed by atoms with E-state index in [2.05, 4.69) is 37.1 Å². The molecule has 0 saturated carbocycles. The Hall–Kier alpha value is 1.13. The molecule has 0 bridgehead atoms. The largest absolute Gasteiger partial charge is 0.128 e. The Bertz CT molecular complexity index is 23.0. The summed E-state index contributed by atoms with van der Waals surface area (Å²) in [6.45, 7) is 6.45. The van der Waals surface area contributed by atoms with Crippen molar-refractivity contribution in [3.63, 3.8) is 0 Å². The van der Waals surface area contributed by atoms with Crippen LogP contribution >= 0.6 is 0 Å². The molecule has 0 atom stereocenters. The van der Waals surface area contributed by atoms with Gasteiger partial charge in [0.2, 0.25) is 0 Å². The summed E-state index contributed by atoms with van der Waals surface area (Å²) < 4.78 is 0.417. The van der Waals surface area contributed by atoms with Gasteiger partial charge in [-0.2, -0.15) is 0 Å². The second-order valence-corrected chi connectivity index (χ2v) is 4.10. The van der Waals surface area contributed by atoms with Crippen molar-refractivity contribution < 1.29 is 0 Å². The molecule has 0 nitrogen and oxygen atoms in total. The van der Waals surface area contributed by atoms with Gasteiger partial charge >= 0.3 is 0 Å². The van der Waals surface area contributed by atoms with Gasteiger partial charge in [0.25, 0.3) is 0 Å². The second-order valence-electron chi connectivity index (χ2n) is 2.37. The van der Waals surface area contributed by atoms with Gasteiger partial charge in [-0.25, -0.2) is 0 Å². The molecule has 0 unspecified atom stereocenters. The monoisotopic (exact) mass is 91.1 g/mol. The fourth-order valence-electron chi connectivity index (χ4n) is 0. The summed E-state index contributed by atoms with van der Waals surface area (Å²) >= 11 is 2.72. The van der Waals surface area contributed by atoms with Crippen molar-refractivity contribution in [2.24, 2.45) is 0 Å². The van der Waals surface area contributed by atoms with Crippen LogP contribution in [0, 0.1) is 0 Å². The Morgan fingerprint density at radius 1 is 1.17 bits per heavy atom. The van der Waals surface area contributed by atoms with E-state index in [1.807, 2.05) is 0 Å². The van der Waals surface area contributed by atoms with Gasteiger partial charge in [-0.3, -0.25) is 0 Å². The number of rotatable bonds is 0. The van der Waals surface area contributed by atoms with E-state index in [1.165, 1.54) is 0 Å². The fourth-order valence-corrected chi connectivity index (χ4v) is 0. The molecule has 0 aliphatic rings. The van der Waals surface area contributed by atoms with Gasteiger partial charge in [-0.15, -0.1) is 4.28 Å². The summed E-state index contributed by atoms with van der Waals surface area (Å²) in [5, 5.41) is 0. The number of hydrogen-bond acceptors (Lipinski definition) is 0. The van der Waals surface area contributed by atoms with Crippen LogP contribution in [0.25, 0.3) is 0 Å². The standard InChI is InChI=1S/C4H9.Al.Li/c1-4(2)3;;/h1-3H3;;. The molecule has 0 amide bonds. The third-order valence-corrected chi connectivity index (χ3v) is 0. The van der Waals surface area contributed by atoms with Gasteiger partial charge in [0.15, 0.2) is 0 Å². The SMILES string of the molecule is C[C](C)(C)[Al].[Li]. The molecule has 0 aromatic rings. The predicted octanol–water partition coefficient (Wildman–Crippen LogP) is 0.992. The molecule has 0 aliphatic carbocycles. The van der Waals surface area contributed by atoms with Crippen molar-refractivity contribution in [3.8, 4) is 0 Å².